The predicted molar refractivity (Wildman–Crippen MR) is 69.8 cm³/mol. The fourth-order valence-corrected chi connectivity index (χ4v) is 1.60. The Hall–Kier alpha value is -2.38. The Morgan fingerprint density at radius 2 is 2.00 bits per heavy atom. The number of nitrogens with zero attached hydrogens (tertiary/aromatic N) is 3. The molecule has 0 atom stereocenters. The minimum atomic E-state index is -4.50. The fraction of sp³-hybridized carbons (Fsp3) is 0.308. The van der Waals surface area contributed by atoms with Crippen molar-refractivity contribution in [1.29, 1.82) is 0 Å². The number of ether oxygens (including phenoxy) is 1. The van der Waals surface area contributed by atoms with E-state index in [1.807, 2.05) is 6.92 Å². The first-order valence-electron chi connectivity index (χ1n) is 6.21. The highest BCUT2D eigenvalue weighted by atomic mass is 19.4. The van der Waals surface area contributed by atoms with Crippen molar-refractivity contribution in [1.82, 2.24) is 15.0 Å². The highest BCUT2D eigenvalue weighted by Crippen LogP contribution is 2.27. The molecule has 0 radical (unpaired) electrons. The van der Waals surface area contributed by atoms with Crippen molar-refractivity contribution in [3.05, 3.63) is 41.9 Å². The number of hydrogen-bond donors (Lipinski definition) is 1. The molecule has 0 unspecified atom stereocenters. The first-order valence-corrected chi connectivity index (χ1v) is 6.21. The van der Waals surface area contributed by atoms with Crippen LogP contribution in [0.2, 0.25) is 0 Å². The van der Waals surface area contributed by atoms with Crippen molar-refractivity contribution in [3.8, 4) is 5.88 Å². The van der Waals surface area contributed by atoms with Crippen molar-refractivity contribution < 1.29 is 17.9 Å². The molecule has 0 amide bonds. The van der Waals surface area contributed by atoms with Gasteiger partial charge in [0.05, 0.1) is 6.61 Å². The lowest BCUT2D eigenvalue weighted by atomic mass is 10.2. The van der Waals surface area contributed by atoms with Crippen LogP contribution in [0.1, 0.15) is 18.2 Å². The first-order chi connectivity index (χ1) is 10.0. The number of pyridine rings is 1. The molecule has 0 saturated carbocycles. The first kappa shape index (κ1) is 15.0. The highest BCUT2D eigenvalue weighted by Gasteiger charge is 2.32. The summed E-state index contributed by atoms with van der Waals surface area (Å²) in [6, 6.07) is 4.30. The number of rotatable bonds is 5. The second-order valence-corrected chi connectivity index (χ2v) is 4.02. The number of nitrogens with one attached hydrogen (secondary N) is 1. The van der Waals surface area contributed by atoms with Crippen LogP contribution in [0.15, 0.2) is 30.6 Å². The van der Waals surface area contributed by atoms with Gasteiger partial charge in [-0.1, -0.05) is 6.07 Å². The SMILES string of the molecule is CCOc1ncccc1CNc1nccc(C(F)(F)F)n1. The maximum atomic E-state index is 12.5. The van der Waals surface area contributed by atoms with E-state index < -0.39 is 11.9 Å². The Bertz CT molecular complexity index is 604. The lowest BCUT2D eigenvalue weighted by Crippen LogP contribution is -2.12. The molecule has 0 aromatic carbocycles. The van der Waals surface area contributed by atoms with Gasteiger partial charge in [-0.2, -0.15) is 13.2 Å². The van der Waals surface area contributed by atoms with Crippen molar-refractivity contribution in [3.63, 3.8) is 0 Å². The zero-order valence-corrected chi connectivity index (χ0v) is 11.2. The molecule has 0 aliphatic carbocycles. The lowest BCUT2D eigenvalue weighted by Gasteiger charge is -2.11. The molecule has 0 aliphatic rings. The van der Waals surface area contributed by atoms with E-state index in [1.54, 1.807) is 18.3 Å². The van der Waals surface area contributed by atoms with E-state index in [-0.39, 0.29) is 12.5 Å². The van der Waals surface area contributed by atoms with Crippen LogP contribution >= 0.6 is 0 Å². The summed E-state index contributed by atoms with van der Waals surface area (Å²) in [4.78, 5) is 11.2. The fourth-order valence-electron chi connectivity index (χ4n) is 1.60. The zero-order chi connectivity index (χ0) is 15.3. The summed E-state index contributed by atoms with van der Waals surface area (Å²) in [6.45, 7) is 2.48. The monoisotopic (exact) mass is 298 g/mol. The maximum Gasteiger partial charge on any atom is 0.433 e. The van der Waals surface area contributed by atoms with Crippen molar-refractivity contribution in [2.24, 2.45) is 0 Å². The molecule has 2 rings (SSSR count). The topological polar surface area (TPSA) is 59.9 Å². The molecule has 2 aromatic heterocycles. The summed E-state index contributed by atoms with van der Waals surface area (Å²) in [5, 5.41) is 2.73. The van der Waals surface area contributed by atoms with Crippen LogP contribution in [-0.2, 0) is 12.7 Å². The normalized spacial score (nSPS) is 11.2. The number of hydrogen-bond acceptors (Lipinski definition) is 5. The van der Waals surface area contributed by atoms with Crippen molar-refractivity contribution in [2.75, 3.05) is 11.9 Å². The maximum absolute atomic E-state index is 12.5. The number of halogens is 3. The van der Waals surface area contributed by atoms with E-state index in [0.717, 1.165) is 12.3 Å². The van der Waals surface area contributed by atoms with Gasteiger partial charge in [0.15, 0.2) is 0 Å². The number of aromatic nitrogens is 3. The second-order valence-electron chi connectivity index (χ2n) is 4.02. The van der Waals surface area contributed by atoms with Gasteiger partial charge in [0.1, 0.15) is 5.69 Å². The quantitative estimate of drug-likeness (QED) is 0.919. The molecule has 5 nitrogen and oxygen atoms in total. The van der Waals surface area contributed by atoms with Crippen molar-refractivity contribution >= 4 is 5.95 Å². The van der Waals surface area contributed by atoms with E-state index in [2.05, 4.69) is 20.3 Å². The van der Waals surface area contributed by atoms with Crippen molar-refractivity contribution in [2.45, 2.75) is 19.6 Å². The van der Waals surface area contributed by atoms with E-state index in [1.165, 1.54) is 0 Å². The zero-order valence-electron chi connectivity index (χ0n) is 11.2. The molecule has 2 heterocycles. The average Bonchev–Trinajstić information content (AvgIpc) is 2.46. The minimum Gasteiger partial charge on any atom is -0.478 e. The molecular weight excluding hydrogens is 285 g/mol. The Kier molecular flexibility index (Phi) is 4.56. The summed E-state index contributed by atoms with van der Waals surface area (Å²) in [5.74, 6) is 0.329. The average molecular weight is 298 g/mol. The third-order valence-electron chi connectivity index (χ3n) is 2.51. The lowest BCUT2D eigenvalue weighted by molar-refractivity contribution is -0.141. The Morgan fingerprint density at radius 1 is 1.19 bits per heavy atom. The third-order valence-corrected chi connectivity index (χ3v) is 2.51. The molecule has 0 spiro atoms. The Morgan fingerprint density at radius 3 is 2.71 bits per heavy atom. The van der Waals surface area contributed by atoms with Crippen LogP contribution in [0.4, 0.5) is 19.1 Å². The van der Waals surface area contributed by atoms with E-state index in [0.29, 0.717) is 18.1 Å². The van der Waals surface area contributed by atoms with Crippen LogP contribution in [0.3, 0.4) is 0 Å². The summed E-state index contributed by atoms with van der Waals surface area (Å²) in [7, 11) is 0. The van der Waals surface area contributed by atoms with Gasteiger partial charge in [0.2, 0.25) is 11.8 Å². The Balaban J connectivity index is 2.10. The molecule has 0 saturated heterocycles. The standard InChI is InChI=1S/C13H13F3N4O/c1-2-21-11-9(4-3-6-17-11)8-19-12-18-7-5-10(20-12)13(14,15)16/h3-7H,2,8H2,1H3,(H,18,19,20). The van der Waals surface area contributed by atoms with Gasteiger partial charge in [-0.05, 0) is 19.1 Å². The number of anilines is 1. The van der Waals surface area contributed by atoms with Gasteiger partial charge in [-0.3, -0.25) is 0 Å². The Labute approximate surface area is 119 Å². The molecular formula is C13H13F3N4O. The highest BCUT2D eigenvalue weighted by molar-refractivity contribution is 5.32. The van der Waals surface area contributed by atoms with Gasteiger partial charge in [-0.25, -0.2) is 15.0 Å². The van der Waals surface area contributed by atoms with Gasteiger partial charge in [-0.15, -0.1) is 0 Å². The summed E-state index contributed by atoms with van der Waals surface area (Å²) in [6.07, 6.45) is -1.86. The molecule has 21 heavy (non-hydrogen) atoms. The summed E-state index contributed by atoms with van der Waals surface area (Å²) >= 11 is 0. The summed E-state index contributed by atoms with van der Waals surface area (Å²) in [5.41, 5.74) is -0.281. The molecule has 0 fully saturated rings. The van der Waals surface area contributed by atoms with Gasteiger partial charge in [0.25, 0.3) is 0 Å². The van der Waals surface area contributed by atoms with Gasteiger partial charge >= 0.3 is 6.18 Å². The number of alkyl halides is 3. The van der Waals surface area contributed by atoms with Gasteiger partial charge in [0, 0.05) is 24.5 Å². The van der Waals surface area contributed by atoms with Crippen LogP contribution in [0, 0.1) is 0 Å². The van der Waals surface area contributed by atoms with Crippen LogP contribution < -0.4 is 10.1 Å². The molecule has 0 aliphatic heterocycles. The van der Waals surface area contributed by atoms with E-state index in [9.17, 15) is 13.2 Å². The van der Waals surface area contributed by atoms with Gasteiger partial charge < -0.3 is 10.1 Å². The van der Waals surface area contributed by atoms with Crippen LogP contribution in [0.25, 0.3) is 0 Å². The molecule has 2 aromatic rings. The largest absolute Gasteiger partial charge is 0.478 e. The molecule has 8 heteroatoms. The second kappa shape index (κ2) is 6.38. The van der Waals surface area contributed by atoms with Crippen LogP contribution in [0.5, 0.6) is 5.88 Å². The predicted octanol–water partition coefficient (Wildman–Crippen LogP) is 2.90. The minimum absolute atomic E-state index is 0.101. The smallest absolute Gasteiger partial charge is 0.433 e. The van der Waals surface area contributed by atoms with E-state index in [4.69, 9.17) is 4.74 Å². The molecule has 0 bridgehead atoms. The van der Waals surface area contributed by atoms with E-state index >= 15 is 0 Å². The van der Waals surface area contributed by atoms with Crippen LogP contribution in [-0.4, -0.2) is 21.6 Å². The third kappa shape index (κ3) is 4.04. The molecule has 1 N–H and O–H groups in total. The summed E-state index contributed by atoms with van der Waals surface area (Å²) < 4.78 is 43.0. The molecule has 112 valence electrons.